The predicted molar refractivity (Wildman–Crippen MR) is 70.6 cm³/mol. The second-order valence-corrected chi connectivity index (χ2v) is 6.89. The van der Waals surface area contributed by atoms with Gasteiger partial charge in [-0.05, 0) is 0 Å². The summed E-state index contributed by atoms with van der Waals surface area (Å²) in [6, 6.07) is 0. The summed E-state index contributed by atoms with van der Waals surface area (Å²) in [5.74, 6) is -1.46. The Kier molecular flexibility index (Phi) is 8.27. The zero-order valence-corrected chi connectivity index (χ0v) is 12.4. The summed E-state index contributed by atoms with van der Waals surface area (Å²) < 4.78 is 14.1. The number of rotatable bonds is 8. The topological polar surface area (TPSA) is 99.1 Å². The molecule has 0 aromatic rings. The summed E-state index contributed by atoms with van der Waals surface area (Å²) in [6.07, 6.45) is -1.03. The third-order valence-electron chi connectivity index (χ3n) is 2.14. The summed E-state index contributed by atoms with van der Waals surface area (Å²) in [5, 5.41) is 0. The van der Waals surface area contributed by atoms with Crippen LogP contribution in [-0.2, 0) is 23.8 Å². The van der Waals surface area contributed by atoms with E-state index in [0.717, 1.165) is 0 Å². The Bertz CT molecular complexity index is 309. The monoisotopic (exact) mass is 296 g/mol. The summed E-state index contributed by atoms with van der Waals surface area (Å²) in [5.41, 5.74) is -0.906. The number of ether oxygens (including phenoxy) is 3. The van der Waals surface area contributed by atoms with Crippen molar-refractivity contribution in [3.63, 3.8) is 0 Å². The Morgan fingerprint density at radius 2 is 1.21 bits per heavy atom. The molecule has 0 unspecified atom stereocenters. The van der Waals surface area contributed by atoms with Crippen molar-refractivity contribution in [1.82, 2.24) is 0 Å². The molecular weight excluding hydrogens is 275 g/mol. The molecule has 1 N–H and O–H groups in total. The zero-order chi connectivity index (χ0) is 14.9. The van der Waals surface area contributed by atoms with E-state index < -0.39 is 37.5 Å². The first-order valence-corrected chi connectivity index (χ1v) is 8.46. The van der Waals surface area contributed by atoms with Crippen LogP contribution in [0.5, 0.6) is 0 Å². The molecule has 0 radical (unpaired) electrons. The van der Waals surface area contributed by atoms with Crippen molar-refractivity contribution in [2.45, 2.75) is 20.8 Å². The van der Waals surface area contributed by atoms with E-state index >= 15 is 0 Å². The van der Waals surface area contributed by atoms with Crippen molar-refractivity contribution in [1.29, 1.82) is 0 Å². The molecule has 0 atom stereocenters. The normalized spacial score (nSPS) is 11.6. The van der Waals surface area contributed by atoms with Crippen LogP contribution in [0.4, 0.5) is 4.79 Å². The third kappa shape index (κ3) is 6.50. The van der Waals surface area contributed by atoms with Gasteiger partial charge in [0.25, 0.3) is 0 Å². The summed E-state index contributed by atoms with van der Waals surface area (Å²) in [7, 11) is -3.88. The van der Waals surface area contributed by atoms with Gasteiger partial charge in [-0.15, -0.1) is 0 Å². The van der Waals surface area contributed by atoms with E-state index in [2.05, 4.69) is 9.47 Å². The molecule has 7 nitrogen and oxygen atoms in total. The zero-order valence-electron chi connectivity index (χ0n) is 11.4. The molecule has 0 spiro atoms. The molecule has 0 saturated carbocycles. The molecule has 19 heavy (non-hydrogen) atoms. The van der Waals surface area contributed by atoms with Crippen molar-refractivity contribution in [2.24, 2.45) is 0 Å². The molecule has 0 amide bonds. The number of carbonyl (C=O) groups is 3. The molecule has 0 heterocycles. The van der Waals surface area contributed by atoms with Gasteiger partial charge in [0.2, 0.25) is 0 Å². The van der Waals surface area contributed by atoms with Crippen LogP contribution in [0.1, 0.15) is 20.8 Å². The van der Waals surface area contributed by atoms with E-state index in [0.29, 0.717) is 0 Å². The first-order valence-electron chi connectivity index (χ1n) is 6.10. The van der Waals surface area contributed by atoms with Crippen LogP contribution in [0.2, 0.25) is 0 Å². The van der Waals surface area contributed by atoms with Crippen LogP contribution in [0.25, 0.3) is 0 Å². The Morgan fingerprint density at radius 1 is 0.842 bits per heavy atom. The van der Waals surface area contributed by atoms with Gasteiger partial charge in [-0.2, -0.15) is 0 Å². The summed E-state index contributed by atoms with van der Waals surface area (Å²) >= 11 is 0. The number of hydrogen-bond donors (Lipinski definition) is 1. The number of carbonyl (C=O) groups excluding carboxylic acids is 3. The fourth-order valence-corrected chi connectivity index (χ4v) is 3.36. The molecule has 0 aromatic heterocycles. The van der Waals surface area contributed by atoms with Gasteiger partial charge in [0.05, 0.1) is 0 Å². The number of esters is 2. The van der Waals surface area contributed by atoms with Gasteiger partial charge in [0.1, 0.15) is 0 Å². The van der Waals surface area contributed by atoms with Gasteiger partial charge in [-0.3, -0.25) is 0 Å². The second-order valence-electron chi connectivity index (χ2n) is 3.72. The Labute approximate surface area is 112 Å². The molecule has 0 aliphatic rings. The van der Waals surface area contributed by atoms with E-state index in [-0.39, 0.29) is 19.8 Å². The minimum absolute atomic E-state index is 0.0554. The van der Waals surface area contributed by atoms with Gasteiger partial charge in [-0.1, -0.05) is 0 Å². The fraction of sp³-hybridized carbons (Fsp3) is 0.727. The molecule has 0 fully saturated rings. The van der Waals surface area contributed by atoms with Gasteiger partial charge < -0.3 is 0 Å². The molecule has 0 aliphatic heterocycles. The van der Waals surface area contributed by atoms with Crippen LogP contribution < -0.4 is 0 Å². The van der Waals surface area contributed by atoms with Crippen molar-refractivity contribution in [3.05, 3.63) is 0 Å². The van der Waals surface area contributed by atoms with E-state index in [9.17, 15) is 19.3 Å². The molecular formula is C11H21O7P. The van der Waals surface area contributed by atoms with Crippen LogP contribution in [0.3, 0.4) is 0 Å². The van der Waals surface area contributed by atoms with Crippen molar-refractivity contribution in [3.8, 4) is 0 Å². The Morgan fingerprint density at radius 3 is 1.53 bits per heavy atom. The van der Waals surface area contributed by atoms with Gasteiger partial charge >= 0.3 is 112 Å². The van der Waals surface area contributed by atoms with E-state index in [4.69, 9.17) is 4.74 Å². The molecule has 0 aliphatic carbocycles. The van der Waals surface area contributed by atoms with Gasteiger partial charge in [0.15, 0.2) is 0 Å². The molecule has 0 aromatic carbocycles. The van der Waals surface area contributed by atoms with Crippen molar-refractivity contribution in [2.75, 3.05) is 32.1 Å². The predicted octanol–water partition coefficient (Wildman–Crippen LogP) is 0.926. The Balaban J connectivity index is 4.85. The van der Waals surface area contributed by atoms with E-state index in [1.54, 1.807) is 20.8 Å². The van der Waals surface area contributed by atoms with Crippen molar-refractivity contribution >= 4 is 25.1 Å². The average Bonchev–Trinajstić information content (AvgIpc) is 2.29. The molecule has 0 saturated heterocycles. The van der Waals surface area contributed by atoms with Gasteiger partial charge in [-0.25, -0.2) is 0 Å². The second kappa shape index (κ2) is 8.82. The molecule has 0 rings (SSSR count). The van der Waals surface area contributed by atoms with Crippen LogP contribution in [0, 0.1) is 0 Å². The van der Waals surface area contributed by atoms with Crippen LogP contribution in [-0.4, -0.2) is 54.7 Å². The maximum absolute atomic E-state index is 11.7. The maximum atomic E-state index is 11.7. The fourth-order valence-electron chi connectivity index (χ4n) is 1.37. The first-order chi connectivity index (χ1) is 8.89. The first kappa shape index (κ1) is 17.8. The third-order valence-corrected chi connectivity index (χ3v) is 4.79. The minimum atomic E-state index is -3.88. The molecule has 112 valence electrons. The van der Waals surface area contributed by atoms with Crippen molar-refractivity contribution < 1.29 is 33.5 Å². The average molecular weight is 296 g/mol. The van der Waals surface area contributed by atoms with Crippen LogP contribution >= 0.6 is 7.49 Å². The molecule has 8 heteroatoms. The number of hydrogen-bond acceptors (Lipinski definition) is 7. The SMILES string of the molecule is CCOC(=O)C[PH](O)(CC(=O)OCC)C(=O)OCC. The van der Waals surface area contributed by atoms with Crippen LogP contribution in [0.15, 0.2) is 0 Å². The Hall–Kier alpha value is -1.20. The van der Waals surface area contributed by atoms with E-state index in [1.807, 2.05) is 0 Å². The quantitative estimate of drug-likeness (QED) is 0.404. The standard InChI is InChI=1S/C11H21O7P/c1-4-16-9(12)7-19(15,11(14)18-6-3)8-10(13)17-5-2/h15,19H,4-8H2,1-3H3. The van der Waals surface area contributed by atoms with Gasteiger partial charge in [0, 0.05) is 0 Å². The van der Waals surface area contributed by atoms with E-state index in [1.165, 1.54) is 0 Å². The summed E-state index contributed by atoms with van der Waals surface area (Å²) in [6.45, 7) is 5.10. The molecule has 0 bridgehead atoms. The summed E-state index contributed by atoms with van der Waals surface area (Å²) in [4.78, 5) is 44.8.